The monoisotopic (exact) mass is 458 g/mol. The Bertz CT molecular complexity index is 1190. The Labute approximate surface area is 198 Å². The van der Waals surface area contributed by atoms with Crippen molar-refractivity contribution < 1.29 is 18.3 Å². The molecule has 0 aliphatic rings. The Morgan fingerprint density at radius 2 is 1.53 bits per heavy atom. The topological polar surface area (TPSA) is 54.7 Å². The van der Waals surface area contributed by atoms with E-state index < -0.39 is 0 Å². The summed E-state index contributed by atoms with van der Waals surface area (Å²) in [4.78, 5) is 14.8. The summed E-state index contributed by atoms with van der Waals surface area (Å²) in [5, 5.41) is 2.72. The number of furan rings is 1. The van der Waals surface area contributed by atoms with Gasteiger partial charge in [0.1, 0.15) is 17.3 Å². The Kier molecular flexibility index (Phi) is 7.73. The molecule has 0 atom stereocenters. The number of amides is 1. The number of carbonyl (C=O) groups excluding carboxylic acids is 1. The summed E-state index contributed by atoms with van der Waals surface area (Å²) in [7, 11) is 0. The van der Waals surface area contributed by atoms with Crippen LogP contribution in [0.3, 0.4) is 0 Å². The summed E-state index contributed by atoms with van der Waals surface area (Å²) < 4.78 is 24.5. The molecule has 6 heteroatoms. The van der Waals surface area contributed by atoms with Gasteiger partial charge in [0.2, 0.25) is 0 Å². The van der Waals surface area contributed by atoms with Gasteiger partial charge in [-0.2, -0.15) is 0 Å². The number of ether oxygens (including phenoxy) is 1. The fraction of sp³-hybridized carbons (Fsp3) is 0.179. The summed E-state index contributed by atoms with van der Waals surface area (Å²) in [6.07, 6.45) is 0. The summed E-state index contributed by atoms with van der Waals surface area (Å²) in [5.74, 6) is 1.01. The minimum atomic E-state index is -0.376. The van der Waals surface area contributed by atoms with Crippen molar-refractivity contribution in [2.75, 3.05) is 11.9 Å². The molecule has 0 saturated heterocycles. The van der Waals surface area contributed by atoms with Crippen LogP contribution in [0.1, 0.15) is 34.4 Å². The smallest absolute Gasteiger partial charge is 0.291 e. The SMILES string of the molecule is CCOc1ccc(CN(Cc2ccccc2)Cc2ccc(C(=O)Nc3ccc(F)cc3)o2)cc1. The molecule has 174 valence electrons. The molecule has 1 heterocycles. The molecular formula is C28H27FN2O3. The highest BCUT2D eigenvalue weighted by Gasteiger charge is 2.15. The summed E-state index contributed by atoms with van der Waals surface area (Å²) in [6, 6.07) is 27.4. The van der Waals surface area contributed by atoms with Gasteiger partial charge in [0.05, 0.1) is 13.2 Å². The molecule has 0 bridgehead atoms. The van der Waals surface area contributed by atoms with Gasteiger partial charge in [-0.15, -0.1) is 0 Å². The number of carbonyl (C=O) groups is 1. The van der Waals surface area contributed by atoms with Crippen LogP contribution in [0, 0.1) is 5.82 Å². The van der Waals surface area contributed by atoms with Crippen molar-refractivity contribution >= 4 is 11.6 Å². The lowest BCUT2D eigenvalue weighted by molar-refractivity contribution is 0.0992. The van der Waals surface area contributed by atoms with Crippen molar-refractivity contribution in [1.29, 1.82) is 0 Å². The molecule has 1 N–H and O–H groups in total. The van der Waals surface area contributed by atoms with Crippen LogP contribution in [0.2, 0.25) is 0 Å². The highest BCUT2D eigenvalue weighted by Crippen LogP contribution is 2.19. The number of nitrogens with one attached hydrogen (secondary N) is 1. The predicted octanol–water partition coefficient (Wildman–Crippen LogP) is 6.27. The van der Waals surface area contributed by atoms with E-state index in [0.29, 0.717) is 31.1 Å². The zero-order valence-electron chi connectivity index (χ0n) is 19.0. The maximum Gasteiger partial charge on any atom is 0.291 e. The predicted molar refractivity (Wildman–Crippen MR) is 130 cm³/mol. The first-order valence-corrected chi connectivity index (χ1v) is 11.2. The highest BCUT2D eigenvalue weighted by molar-refractivity contribution is 6.02. The Balaban J connectivity index is 1.45. The molecule has 0 spiro atoms. The number of benzene rings is 3. The van der Waals surface area contributed by atoms with Crippen molar-refractivity contribution in [3.05, 3.63) is 119 Å². The van der Waals surface area contributed by atoms with Crippen molar-refractivity contribution in [3.8, 4) is 5.75 Å². The lowest BCUT2D eigenvalue weighted by Gasteiger charge is -2.22. The van der Waals surface area contributed by atoms with Gasteiger partial charge in [-0.1, -0.05) is 42.5 Å². The second-order valence-electron chi connectivity index (χ2n) is 7.93. The average molecular weight is 459 g/mol. The van der Waals surface area contributed by atoms with Crippen LogP contribution < -0.4 is 10.1 Å². The molecule has 1 aromatic heterocycles. The molecule has 0 radical (unpaired) electrons. The van der Waals surface area contributed by atoms with Gasteiger partial charge in [0.15, 0.2) is 5.76 Å². The number of hydrogen-bond acceptors (Lipinski definition) is 4. The molecule has 5 nitrogen and oxygen atoms in total. The second-order valence-corrected chi connectivity index (χ2v) is 7.93. The summed E-state index contributed by atoms with van der Waals surface area (Å²) >= 11 is 0. The Morgan fingerprint density at radius 3 is 2.21 bits per heavy atom. The minimum Gasteiger partial charge on any atom is -0.494 e. The molecule has 34 heavy (non-hydrogen) atoms. The molecule has 0 unspecified atom stereocenters. The van der Waals surface area contributed by atoms with E-state index in [4.69, 9.17) is 9.15 Å². The van der Waals surface area contributed by atoms with Crippen molar-refractivity contribution in [1.82, 2.24) is 4.90 Å². The van der Waals surface area contributed by atoms with Crippen LogP contribution in [0.25, 0.3) is 0 Å². The van der Waals surface area contributed by atoms with Crippen molar-refractivity contribution in [3.63, 3.8) is 0 Å². The van der Waals surface area contributed by atoms with E-state index in [1.54, 1.807) is 6.07 Å². The van der Waals surface area contributed by atoms with E-state index in [2.05, 4.69) is 34.5 Å². The molecule has 4 aromatic rings. The molecule has 4 rings (SSSR count). The first kappa shape index (κ1) is 23.3. The third kappa shape index (κ3) is 6.56. The Morgan fingerprint density at radius 1 is 0.853 bits per heavy atom. The van der Waals surface area contributed by atoms with Crippen LogP contribution >= 0.6 is 0 Å². The van der Waals surface area contributed by atoms with E-state index in [-0.39, 0.29) is 17.5 Å². The molecule has 0 fully saturated rings. The van der Waals surface area contributed by atoms with Crippen LogP contribution in [0.15, 0.2) is 95.4 Å². The standard InChI is InChI=1S/C28H27FN2O3/c1-2-33-25-14-8-22(9-15-25)19-31(18-21-6-4-3-5-7-21)20-26-16-17-27(34-26)28(32)30-24-12-10-23(29)11-13-24/h3-17H,2,18-20H2,1H3,(H,30,32). The molecule has 3 aromatic carbocycles. The molecule has 0 saturated carbocycles. The van der Waals surface area contributed by atoms with E-state index in [1.165, 1.54) is 29.8 Å². The fourth-order valence-electron chi connectivity index (χ4n) is 3.66. The lowest BCUT2D eigenvalue weighted by atomic mass is 10.1. The lowest BCUT2D eigenvalue weighted by Crippen LogP contribution is -2.22. The normalized spacial score (nSPS) is 10.9. The van der Waals surface area contributed by atoms with Gasteiger partial charge in [-0.3, -0.25) is 9.69 Å². The second kappa shape index (κ2) is 11.3. The minimum absolute atomic E-state index is 0.208. The molecule has 1 amide bonds. The van der Waals surface area contributed by atoms with Crippen molar-refractivity contribution in [2.24, 2.45) is 0 Å². The number of halogens is 1. The van der Waals surface area contributed by atoms with E-state index >= 15 is 0 Å². The van der Waals surface area contributed by atoms with Crippen LogP contribution in [0.4, 0.5) is 10.1 Å². The van der Waals surface area contributed by atoms with Crippen molar-refractivity contribution in [2.45, 2.75) is 26.6 Å². The number of rotatable bonds is 10. The number of anilines is 1. The highest BCUT2D eigenvalue weighted by atomic mass is 19.1. The van der Waals surface area contributed by atoms with Gasteiger partial charge < -0.3 is 14.5 Å². The van der Waals surface area contributed by atoms with Crippen LogP contribution in [0.5, 0.6) is 5.75 Å². The third-order valence-corrected chi connectivity index (χ3v) is 5.26. The van der Waals surface area contributed by atoms with Gasteiger partial charge in [-0.25, -0.2) is 4.39 Å². The summed E-state index contributed by atoms with van der Waals surface area (Å²) in [6.45, 7) is 4.57. The van der Waals surface area contributed by atoms with E-state index in [9.17, 15) is 9.18 Å². The molecule has 0 aliphatic heterocycles. The largest absolute Gasteiger partial charge is 0.494 e. The van der Waals surface area contributed by atoms with Crippen LogP contribution in [-0.2, 0) is 19.6 Å². The van der Waals surface area contributed by atoms with Gasteiger partial charge in [0, 0.05) is 18.8 Å². The first-order chi connectivity index (χ1) is 16.6. The van der Waals surface area contributed by atoms with E-state index in [1.807, 2.05) is 43.3 Å². The fourth-order valence-corrected chi connectivity index (χ4v) is 3.66. The molecular weight excluding hydrogens is 431 g/mol. The maximum absolute atomic E-state index is 13.1. The number of hydrogen-bond donors (Lipinski definition) is 1. The first-order valence-electron chi connectivity index (χ1n) is 11.2. The van der Waals surface area contributed by atoms with E-state index in [0.717, 1.165) is 17.9 Å². The third-order valence-electron chi connectivity index (χ3n) is 5.26. The average Bonchev–Trinajstić information content (AvgIpc) is 3.31. The molecule has 0 aliphatic carbocycles. The number of nitrogens with zero attached hydrogens (tertiary/aromatic N) is 1. The van der Waals surface area contributed by atoms with Gasteiger partial charge in [-0.05, 0) is 66.6 Å². The van der Waals surface area contributed by atoms with Gasteiger partial charge in [0.25, 0.3) is 5.91 Å². The quantitative estimate of drug-likeness (QED) is 0.304. The Hall–Kier alpha value is -3.90. The zero-order valence-corrected chi connectivity index (χ0v) is 19.0. The maximum atomic E-state index is 13.1. The zero-order chi connectivity index (χ0) is 23.8. The summed E-state index contributed by atoms with van der Waals surface area (Å²) in [5.41, 5.74) is 2.85. The van der Waals surface area contributed by atoms with Crippen LogP contribution in [-0.4, -0.2) is 17.4 Å². The van der Waals surface area contributed by atoms with Gasteiger partial charge >= 0.3 is 0 Å².